The Morgan fingerprint density at radius 3 is 2.62 bits per heavy atom. The number of rotatable bonds is 4. The summed E-state index contributed by atoms with van der Waals surface area (Å²) < 4.78 is 31.9. The molecular weight excluding hydrogens is 292 g/mol. The predicted octanol–water partition coefficient (Wildman–Crippen LogP) is 2.07. The largest absolute Gasteiger partial charge is 0.508 e. The molecule has 108 valence electrons. The molecule has 0 spiro atoms. The number of ether oxygens (including phenoxy) is 1. The SMILES string of the molecule is COc1cc(C#N)ccc1NS(=O)(=O)c1cccc(O)c1. The number of hydrogen-bond acceptors (Lipinski definition) is 5. The van der Waals surface area contributed by atoms with Crippen molar-refractivity contribution >= 4 is 15.7 Å². The fourth-order valence-corrected chi connectivity index (χ4v) is 2.81. The van der Waals surface area contributed by atoms with E-state index in [-0.39, 0.29) is 22.1 Å². The van der Waals surface area contributed by atoms with Crippen LogP contribution in [-0.4, -0.2) is 20.6 Å². The monoisotopic (exact) mass is 304 g/mol. The highest BCUT2D eigenvalue weighted by molar-refractivity contribution is 7.92. The van der Waals surface area contributed by atoms with Crippen LogP contribution in [0.25, 0.3) is 0 Å². The number of hydrogen-bond donors (Lipinski definition) is 2. The normalized spacial score (nSPS) is 10.7. The minimum atomic E-state index is -3.86. The van der Waals surface area contributed by atoms with E-state index in [0.717, 1.165) is 6.07 Å². The highest BCUT2D eigenvalue weighted by atomic mass is 32.2. The van der Waals surface area contributed by atoms with Gasteiger partial charge in [0.2, 0.25) is 0 Å². The van der Waals surface area contributed by atoms with Gasteiger partial charge >= 0.3 is 0 Å². The van der Waals surface area contributed by atoms with Gasteiger partial charge in [0, 0.05) is 12.1 Å². The summed E-state index contributed by atoms with van der Waals surface area (Å²) in [6.45, 7) is 0. The van der Waals surface area contributed by atoms with Gasteiger partial charge in [-0.25, -0.2) is 8.42 Å². The van der Waals surface area contributed by atoms with Gasteiger partial charge in [-0.3, -0.25) is 4.72 Å². The zero-order valence-electron chi connectivity index (χ0n) is 11.1. The molecule has 0 fully saturated rings. The molecule has 0 aliphatic heterocycles. The lowest BCUT2D eigenvalue weighted by Gasteiger charge is -2.12. The van der Waals surface area contributed by atoms with Gasteiger partial charge < -0.3 is 9.84 Å². The molecule has 2 aromatic carbocycles. The Morgan fingerprint density at radius 1 is 1.24 bits per heavy atom. The van der Waals surface area contributed by atoms with E-state index in [1.54, 1.807) is 0 Å². The molecule has 2 aromatic rings. The number of nitriles is 1. The lowest BCUT2D eigenvalue weighted by molar-refractivity contribution is 0.416. The van der Waals surface area contributed by atoms with Crippen molar-refractivity contribution in [2.24, 2.45) is 0 Å². The molecular formula is C14H12N2O4S. The first-order chi connectivity index (χ1) is 9.96. The van der Waals surface area contributed by atoms with Gasteiger partial charge in [-0.2, -0.15) is 5.26 Å². The molecule has 0 radical (unpaired) electrons. The molecule has 21 heavy (non-hydrogen) atoms. The Balaban J connectivity index is 2.40. The summed E-state index contributed by atoms with van der Waals surface area (Å²) in [6.07, 6.45) is 0. The van der Waals surface area contributed by atoms with E-state index in [0.29, 0.717) is 5.56 Å². The summed E-state index contributed by atoms with van der Waals surface area (Å²) in [6, 6.07) is 11.6. The van der Waals surface area contributed by atoms with Crippen LogP contribution in [0, 0.1) is 11.3 Å². The van der Waals surface area contributed by atoms with E-state index in [4.69, 9.17) is 10.00 Å². The predicted molar refractivity (Wildman–Crippen MR) is 76.6 cm³/mol. The number of benzene rings is 2. The summed E-state index contributed by atoms with van der Waals surface area (Å²) in [4.78, 5) is -0.0751. The first kappa shape index (κ1) is 14.7. The number of anilines is 1. The minimum Gasteiger partial charge on any atom is -0.508 e. The summed E-state index contributed by atoms with van der Waals surface area (Å²) in [7, 11) is -2.48. The van der Waals surface area contributed by atoms with Crippen molar-refractivity contribution in [3.05, 3.63) is 48.0 Å². The Morgan fingerprint density at radius 2 is 2.00 bits per heavy atom. The third-order valence-electron chi connectivity index (χ3n) is 2.70. The fourth-order valence-electron chi connectivity index (χ4n) is 1.70. The van der Waals surface area contributed by atoms with Crippen molar-refractivity contribution in [1.29, 1.82) is 5.26 Å². The van der Waals surface area contributed by atoms with Gasteiger partial charge in [0.15, 0.2) is 0 Å². The van der Waals surface area contributed by atoms with Crippen LogP contribution in [0.1, 0.15) is 5.56 Å². The number of phenols is 1. The molecule has 7 heteroatoms. The average Bonchev–Trinajstić information content (AvgIpc) is 2.47. The van der Waals surface area contributed by atoms with E-state index in [9.17, 15) is 13.5 Å². The highest BCUT2D eigenvalue weighted by Crippen LogP contribution is 2.28. The maximum atomic E-state index is 12.2. The summed E-state index contributed by atoms with van der Waals surface area (Å²) in [5, 5.41) is 18.2. The molecule has 2 N–H and O–H groups in total. The first-order valence-corrected chi connectivity index (χ1v) is 7.34. The lowest BCUT2D eigenvalue weighted by atomic mass is 10.2. The van der Waals surface area contributed by atoms with Gasteiger partial charge in [0.05, 0.1) is 29.3 Å². The standard InChI is InChI=1S/C14H12N2O4S/c1-20-14-7-10(9-15)5-6-13(14)16-21(18,19)12-4-2-3-11(17)8-12/h2-8,16-17H,1H3. The van der Waals surface area contributed by atoms with Gasteiger partial charge in [-0.15, -0.1) is 0 Å². The van der Waals surface area contributed by atoms with Crippen molar-refractivity contribution in [3.8, 4) is 17.6 Å². The van der Waals surface area contributed by atoms with Crippen molar-refractivity contribution in [2.75, 3.05) is 11.8 Å². The number of aromatic hydroxyl groups is 1. The van der Waals surface area contributed by atoms with Crippen molar-refractivity contribution in [3.63, 3.8) is 0 Å². The number of nitrogens with one attached hydrogen (secondary N) is 1. The minimum absolute atomic E-state index is 0.0751. The smallest absolute Gasteiger partial charge is 0.262 e. The van der Waals surface area contributed by atoms with Crippen LogP contribution in [0.2, 0.25) is 0 Å². The second kappa shape index (κ2) is 5.73. The maximum absolute atomic E-state index is 12.2. The number of nitrogens with zero attached hydrogens (tertiary/aromatic N) is 1. The number of methoxy groups -OCH3 is 1. The first-order valence-electron chi connectivity index (χ1n) is 5.86. The molecule has 0 amide bonds. The van der Waals surface area contributed by atoms with Crippen molar-refractivity contribution in [2.45, 2.75) is 4.90 Å². The number of phenolic OH excluding ortho intramolecular Hbond substituents is 1. The molecule has 0 unspecified atom stereocenters. The van der Waals surface area contributed by atoms with Crippen molar-refractivity contribution in [1.82, 2.24) is 0 Å². The lowest BCUT2D eigenvalue weighted by Crippen LogP contribution is -2.13. The van der Waals surface area contributed by atoms with Gasteiger partial charge in [0.25, 0.3) is 10.0 Å². The molecule has 0 atom stereocenters. The summed E-state index contributed by atoms with van der Waals surface area (Å²) >= 11 is 0. The van der Waals surface area contributed by atoms with Gasteiger partial charge in [-0.1, -0.05) is 6.07 Å². The van der Waals surface area contributed by atoms with Crippen LogP contribution in [0.5, 0.6) is 11.5 Å². The molecule has 6 nitrogen and oxygen atoms in total. The van der Waals surface area contributed by atoms with E-state index in [1.165, 1.54) is 43.5 Å². The van der Waals surface area contributed by atoms with Crippen LogP contribution in [-0.2, 0) is 10.0 Å². The van der Waals surface area contributed by atoms with Crippen LogP contribution < -0.4 is 9.46 Å². The van der Waals surface area contributed by atoms with E-state index < -0.39 is 10.0 Å². The highest BCUT2D eigenvalue weighted by Gasteiger charge is 2.17. The van der Waals surface area contributed by atoms with Crippen LogP contribution >= 0.6 is 0 Å². The zero-order chi connectivity index (χ0) is 15.5. The third kappa shape index (κ3) is 3.24. The topological polar surface area (TPSA) is 99.4 Å². The van der Waals surface area contributed by atoms with Crippen LogP contribution in [0.4, 0.5) is 5.69 Å². The molecule has 0 bridgehead atoms. The molecule has 0 aliphatic rings. The number of sulfonamides is 1. The van der Waals surface area contributed by atoms with Crippen LogP contribution in [0.15, 0.2) is 47.4 Å². The average molecular weight is 304 g/mol. The second-order valence-corrected chi connectivity index (χ2v) is 5.81. The second-order valence-electron chi connectivity index (χ2n) is 4.13. The molecule has 0 aliphatic carbocycles. The maximum Gasteiger partial charge on any atom is 0.262 e. The zero-order valence-corrected chi connectivity index (χ0v) is 11.9. The molecule has 2 rings (SSSR count). The molecule has 0 saturated heterocycles. The Bertz CT molecular complexity index is 810. The van der Waals surface area contributed by atoms with E-state index >= 15 is 0 Å². The Labute approximate surface area is 122 Å². The van der Waals surface area contributed by atoms with Crippen LogP contribution in [0.3, 0.4) is 0 Å². The Hall–Kier alpha value is -2.72. The molecule has 0 saturated carbocycles. The third-order valence-corrected chi connectivity index (χ3v) is 4.07. The molecule has 0 aromatic heterocycles. The molecule has 0 heterocycles. The van der Waals surface area contributed by atoms with Crippen molar-refractivity contribution < 1.29 is 18.3 Å². The summed E-state index contributed by atoms with van der Waals surface area (Å²) in [5.41, 5.74) is 0.562. The van der Waals surface area contributed by atoms with Gasteiger partial charge in [0.1, 0.15) is 11.5 Å². The van der Waals surface area contributed by atoms with E-state index in [1.807, 2.05) is 6.07 Å². The van der Waals surface area contributed by atoms with E-state index in [2.05, 4.69) is 4.72 Å². The Kier molecular flexibility index (Phi) is 4.00. The quantitative estimate of drug-likeness (QED) is 0.900. The van der Waals surface area contributed by atoms with Gasteiger partial charge in [-0.05, 0) is 24.3 Å². The summed E-state index contributed by atoms with van der Waals surface area (Å²) in [5.74, 6) is 0.0856. The fraction of sp³-hybridized carbons (Fsp3) is 0.0714.